The summed E-state index contributed by atoms with van der Waals surface area (Å²) in [7, 11) is 1.61. The SMILES string of the molecule is COCCOCCC(NC1CC1)C(=O)O. The van der Waals surface area contributed by atoms with Crippen molar-refractivity contribution in [3.05, 3.63) is 0 Å². The molecule has 1 unspecified atom stereocenters. The van der Waals surface area contributed by atoms with Gasteiger partial charge in [0.1, 0.15) is 6.04 Å². The monoisotopic (exact) mass is 217 g/mol. The van der Waals surface area contributed by atoms with E-state index >= 15 is 0 Å². The molecule has 5 nitrogen and oxygen atoms in total. The third kappa shape index (κ3) is 5.71. The van der Waals surface area contributed by atoms with Crippen molar-refractivity contribution in [2.45, 2.75) is 31.3 Å². The van der Waals surface area contributed by atoms with Crippen LogP contribution in [0.2, 0.25) is 0 Å². The summed E-state index contributed by atoms with van der Waals surface area (Å²) in [6.45, 7) is 1.53. The van der Waals surface area contributed by atoms with E-state index in [4.69, 9.17) is 14.6 Å². The van der Waals surface area contributed by atoms with Gasteiger partial charge in [0.15, 0.2) is 0 Å². The summed E-state index contributed by atoms with van der Waals surface area (Å²) < 4.78 is 10.0. The molecule has 1 saturated carbocycles. The Balaban J connectivity index is 2.05. The Bertz CT molecular complexity index is 194. The lowest BCUT2D eigenvalue weighted by Gasteiger charge is -2.13. The molecule has 0 radical (unpaired) electrons. The first-order valence-electron chi connectivity index (χ1n) is 5.29. The third-order valence-electron chi connectivity index (χ3n) is 2.29. The van der Waals surface area contributed by atoms with Crippen molar-refractivity contribution in [1.29, 1.82) is 0 Å². The number of nitrogens with one attached hydrogen (secondary N) is 1. The van der Waals surface area contributed by atoms with Gasteiger partial charge in [-0.25, -0.2) is 0 Å². The van der Waals surface area contributed by atoms with Gasteiger partial charge < -0.3 is 19.9 Å². The van der Waals surface area contributed by atoms with Gasteiger partial charge in [0.05, 0.1) is 13.2 Å². The molecule has 0 aromatic heterocycles. The molecule has 88 valence electrons. The summed E-state index contributed by atoms with van der Waals surface area (Å²) in [5.41, 5.74) is 0. The van der Waals surface area contributed by atoms with Gasteiger partial charge in [-0.15, -0.1) is 0 Å². The zero-order valence-electron chi connectivity index (χ0n) is 9.07. The Morgan fingerprint density at radius 2 is 2.20 bits per heavy atom. The van der Waals surface area contributed by atoms with Crippen LogP contribution in [0.15, 0.2) is 0 Å². The lowest BCUT2D eigenvalue weighted by Crippen LogP contribution is -2.39. The molecule has 1 aliphatic rings. The minimum Gasteiger partial charge on any atom is -0.480 e. The lowest BCUT2D eigenvalue weighted by molar-refractivity contribution is -0.140. The van der Waals surface area contributed by atoms with Crippen LogP contribution in [0.4, 0.5) is 0 Å². The predicted molar refractivity (Wildman–Crippen MR) is 54.9 cm³/mol. The quantitative estimate of drug-likeness (QED) is 0.542. The summed E-state index contributed by atoms with van der Waals surface area (Å²) in [6.07, 6.45) is 2.69. The van der Waals surface area contributed by atoms with Crippen LogP contribution < -0.4 is 5.32 Å². The van der Waals surface area contributed by atoms with Crippen LogP contribution in [0.3, 0.4) is 0 Å². The van der Waals surface area contributed by atoms with Crippen LogP contribution in [0.25, 0.3) is 0 Å². The summed E-state index contributed by atoms with van der Waals surface area (Å²) in [5, 5.41) is 12.0. The van der Waals surface area contributed by atoms with E-state index in [1.807, 2.05) is 0 Å². The second-order valence-electron chi connectivity index (χ2n) is 3.73. The van der Waals surface area contributed by atoms with Crippen LogP contribution in [-0.4, -0.2) is 50.1 Å². The van der Waals surface area contributed by atoms with E-state index in [1.165, 1.54) is 0 Å². The topological polar surface area (TPSA) is 67.8 Å². The highest BCUT2D eigenvalue weighted by molar-refractivity contribution is 5.73. The van der Waals surface area contributed by atoms with E-state index in [0.717, 1.165) is 12.8 Å². The normalized spacial score (nSPS) is 17.7. The van der Waals surface area contributed by atoms with Crippen molar-refractivity contribution in [2.75, 3.05) is 26.9 Å². The molecule has 1 fully saturated rings. The molecular formula is C10H19NO4. The fourth-order valence-electron chi connectivity index (χ4n) is 1.26. The second-order valence-corrected chi connectivity index (χ2v) is 3.73. The standard InChI is InChI=1S/C10H19NO4/c1-14-6-7-15-5-4-9(10(12)13)11-8-2-3-8/h8-9,11H,2-7H2,1H3,(H,12,13). The predicted octanol–water partition coefficient (Wildman–Crippen LogP) is 0.245. The molecule has 0 amide bonds. The molecule has 0 spiro atoms. The van der Waals surface area contributed by atoms with Gasteiger partial charge in [0.2, 0.25) is 0 Å². The van der Waals surface area contributed by atoms with Gasteiger partial charge in [0.25, 0.3) is 0 Å². The van der Waals surface area contributed by atoms with Crippen LogP contribution >= 0.6 is 0 Å². The first kappa shape index (κ1) is 12.4. The largest absolute Gasteiger partial charge is 0.480 e. The Morgan fingerprint density at radius 3 is 2.73 bits per heavy atom. The van der Waals surface area contributed by atoms with Crippen molar-refractivity contribution < 1.29 is 19.4 Å². The summed E-state index contributed by atoms with van der Waals surface area (Å²) in [4.78, 5) is 10.8. The summed E-state index contributed by atoms with van der Waals surface area (Å²) in [5.74, 6) is -0.794. The fraction of sp³-hybridized carbons (Fsp3) is 0.900. The molecule has 1 atom stereocenters. The number of carboxylic acids is 1. The van der Waals surface area contributed by atoms with Crippen LogP contribution in [0.1, 0.15) is 19.3 Å². The first-order valence-corrected chi connectivity index (χ1v) is 5.29. The maximum atomic E-state index is 10.8. The Kier molecular flexibility index (Phi) is 5.60. The zero-order valence-corrected chi connectivity index (χ0v) is 9.07. The number of rotatable bonds is 9. The minimum atomic E-state index is -0.794. The van der Waals surface area contributed by atoms with E-state index in [0.29, 0.717) is 32.3 Å². The van der Waals surface area contributed by atoms with Crippen molar-refractivity contribution in [2.24, 2.45) is 0 Å². The van der Waals surface area contributed by atoms with Gasteiger partial charge in [-0.1, -0.05) is 0 Å². The molecule has 0 aromatic carbocycles. The van der Waals surface area contributed by atoms with Crippen molar-refractivity contribution in [1.82, 2.24) is 5.32 Å². The average molecular weight is 217 g/mol. The molecule has 5 heteroatoms. The molecule has 0 aliphatic heterocycles. The molecule has 0 heterocycles. The molecule has 0 bridgehead atoms. The fourth-order valence-corrected chi connectivity index (χ4v) is 1.26. The zero-order chi connectivity index (χ0) is 11.1. The number of hydrogen-bond donors (Lipinski definition) is 2. The molecule has 1 rings (SSSR count). The first-order chi connectivity index (χ1) is 7.24. The molecule has 0 saturated heterocycles. The van der Waals surface area contributed by atoms with Gasteiger partial charge in [-0.05, 0) is 19.3 Å². The van der Waals surface area contributed by atoms with Crippen LogP contribution in [0, 0.1) is 0 Å². The minimum absolute atomic E-state index is 0.407. The Morgan fingerprint density at radius 1 is 1.47 bits per heavy atom. The summed E-state index contributed by atoms with van der Waals surface area (Å²) in [6, 6.07) is -0.0647. The maximum absolute atomic E-state index is 10.8. The second kappa shape index (κ2) is 6.76. The lowest BCUT2D eigenvalue weighted by atomic mass is 10.2. The number of methoxy groups -OCH3 is 1. The number of aliphatic carboxylic acids is 1. The van der Waals surface area contributed by atoms with Crippen molar-refractivity contribution >= 4 is 5.97 Å². The van der Waals surface area contributed by atoms with Gasteiger partial charge in [-0.2, -0.15) is 0 Å². The molecule has 1 aliphatic carbocycles. The number of ether oxygens (including phenoxy) is 2. The van der Waals surface area contributed by atoms with E-state index in [-0.39, 0.29) is 0 Å². The van der Waals surface area contributed by atoms with Crippen molar-refractivity contribution in [3.63, 3.8) is 0 Å². The van der Waals surface area contributed by atoms with Crippen LogP contribution in [-0.2, 0) is 14.3 Å². The highest BCUT2D eigenvalue weighted by Gasteiger charge is 2.27. The van der Waals surface area contributed by atoms with E-state index < -0.39 is 12.0 Å². The highest BCUT2D eigenvalue weighted by Crippen LogP contribution is 2.19. The van der Waals surface area contributed by atoms with Crippen LogP contribution in [0.5, 0.6) is 0 Å². The van der Waals surface area contributed by atoms with Crippen molar-refractivity contribution in [3.8, 4) is 0 Å². The number of carbonyl (C=O) groups is 1. The smallest absolute Gasteiger partial charge is 0.320 e. The average Bonchev–Trinajstić information content (AvgIpc) is 2.99. The highest BCUT2D eigenvalue weighted by atomic mass is 16.5. The summed E-state index contributed by atoms with van der Waals surface area (Å²) >= 11 is 0. The Labute approximate surface area is 89.8 Å². The van der Waals surface area contributed by atoms with Gasteiger partial charge >= 0.3 is 5.97 Å². The van der Waals surface area contributed by atoms with E-state index in [2.05, 4.69) is 5.32 Å². The Hall–Kier alpha value is -0.650. The molecular weight excluding hydrogens is 198 g/mol. The molecule has 2 N–H and O–H groups in total. The van der Waals surface area contributed by atoms with E-state index in [1.54, 1.807) is 7.11 Å². The van der Waals surface area contributed by atoms with Gasteiger partial charge in [0, 0.05) is 19.8 Å². The molecule has 0 aromatic rings. The third-order valence-corrected chi connectivity index (χ3v) is 2.29. The maximum Gasteiger partial charge on any atom is 0.320 e. The van der Waals surface area contributed by atoms with E-state index in [9.17, 15) is 4.79 Å². The number of carboxylic acid groups (broad SMARTS) is 1. The van der Waals surface area contributed by atoms with Gasteiger partial charge in [-0.3, -0.25) is 4.79 Å². The molecule has 15 heavy (non-hydrogen) atoms. The number of hydrogen-bond acceptors (Lipinski definition) is 4.